The van der Waals surface area contributed by atoms with Crippen LogP contribution in [0.25, 0.3) is 0 Å². The molecule has 0 saturated carbocycles. The standard InChI is InChI=1S/C50H93NO8/c1-7-9-11-13-15-17-19-21-23-25-27-29-31-33-35-37-47(54)57-42-44(39-40-46(53)45(41-43(3)52)51-49(56)59-50(4,5)6)58-48(55)38-36-34-32-30-28-26-24-22-20-18-16-14-12-10-8-2/h44-45H,7-42H2,1-6H3,(H,51,56). The summed E-state index contributed by atoms with van der Waals surface area (Å²) >= 11 is 0. The number of Topliss-reactive ketones (excluding diaryl/α,β-unsaturated/α-hetero) is 2. The Morgan fingerprint density at radius 3 is 1.20 bits per heavy atom. The molecule has 0 aliphatic heterocycles. The molecule has 0 aliphatic carbocycles. The van der Waals surface area contributed by atoms with Crippen molar-refractivity contribution in [3.8, 4) is 0 Å². The summed E-state index contributed by atoms with van der Waals surface area (Å²) in [5.74, 6) is -1.34. The van der Waals surface area contributed by atoms with Crippen molar-refractivity contribution in [1.82, 2.24) is 5.32 Å². The Morgan fingerprint density at radius 2 is 0.847 bits per heavy atom. The summed E-state index contributed by atoms with van der Waals surface area (Å²) in [7, 11) is 0. The fourth-order valence-electron chi connectivity index (χ4n) is 7.42. The number of ether oxygens (including phenoxy) is 3. The average Bonchev–Trinajstić information content (AvgIpc) is 3.17. The van der Waals surface area contributed by atoms with E-state index in [1.807, 2.05) is 0 Å². The van der Waals surface area contributed by atoms with E-state index < -0.39 is 23.8 Å². The van der Waals surface area contributed by atoms with Gasteiger partial charge in [-0.3, -0.25) is 19.2 Å². The monoisotopic (exact) mass is 836 g/mol. The van der Waals surface area contributed by atoms with E-state index >= 15 is 0 Å². The molecule has 0 rings (SSSR count). The molecule has 0 aromatic carbocycles. The number of amides is 1. The van der Waals surface area contributed by atoms with Crippen LogP contribution in [-0.2, 0) is 33.4 Å². The fourth-order valence-corrected chi connectivity index (χ4v) is 7.42. The highest BCUT2D eigenvalue weighted by Crippen LogP contribution is 2.17. The molecule has 2 atom stereocenters. The summed E-state index contributed by atoms with van der Waals surface area (Å²) < 4.78 is 16.6. The zero-order chi connectivity index (χ0) is 43.8. The molecule has 9 nitrogen and oxygen atoms in total. The van der Waals surface area contributed by atoms with Crippen molar-refractivity contribution >= 4 is 29.6 Å². The van der Waals surface area contributed by atoms with Crippen LogP contribution in [0, 0.1) is 0 Å². The second kappa shape index (κ2) is 39.7. The van der Waals surface area contributed by atoms with Gasteiger partial charge >= 0.3 is 18.0 Å². The Bertz CT molecular complexity index is 1050. The van der Waals surface area contributed by atoms with Gasteiger partial charge in [-0.1, -0.05) is 194 Å². The molecule has 0 aliphatic rings. The number of nitrogens with one attached hydrogen (secondary N) is 1. The third kappa shape index (κ3) is 40.7. The lowest BCUT2D eigenvalue weighted by Gasteiger charge is -2.23. The molecule has 0 bridgehead atoms. The number of carbonyl (C=O) groups excluding carboxylic acids is 5. The molecular weight excluding hydrogens is 743 g/mol. The first-order valence-electron chi connectivity index (χ1n) is 24.7. The molecule has 0 saturated heterocycles. The van der Waals surface area contributed by atoms with Crippen molar-refractivity contribution < 1.29 is 38.2 Å². The van der Waals surface area contributed by atoms with E-state index in [-0.39, 0.29) is 55.8 Å². The van der Waals surface area contributed by atoms with E-state index in [0.29, 0.717) is 6.42 Å². The van der Waals surface area contributed by atoms with E-state index in [1.54, 1.807) is 20.8 Å². The topological polar surface area (TPSA) is 125 Å². The smallest absolute Gasteiger partial charge is 0.408 e. The van der Waals surface area contributed by atoms with Crippen LogP contribution in [0.2, 0.25) is 0 Å². The molecular formula is C50H93NO8. The van der Waals surface area contributed by atoms with Gasteiger partial charge in [-0.05, 0) is 47.0 Å². The summed E-state index contributed by atoms with van der Waals surface area (Å²) in [5, 5.41) is 2.53. The SMILES string of the molecule is CCCCCCCCCCCCCCCCCC(=O)OCC(CCC(=O)C(CC(C)=O)NC(=O)OC(C)(C)C)OC(=O)CCCCCCCCCCCCCCCCC. The molecule has 0 aromatic heterocycles. The highest BCUT2D eigenvalue weighted by molar-refractivity contribution is 5.92. The molecule has 9 heteroatoms. The molecule has 0 radical (unpaired) electrons. The lowest BCUT2D eigenvalue weighted by molar-refractivity contribution is -0.160. The van der Waals surface area contributed by atoms with Crippen molar-refractivity contribution in [3.63, 3.8) is 0 Å². The maximum absolute atomic E-state index is 13.2. The zero-order valence-electron chi connectivity index (χ0n) is 39.4. The van der Waals surface area contributed by atoms with Gasteiger partial charge in [-0.2, -0.15) is 0 Å². The molecule has 346 valence electrons. The van der Waals surface area contributed by atoms with Gasteiger partial charge in [0, 0.05) is 25.7 Å². The number of rotatable bonds is 42. The summed E-state index contributed by atoms with van der Waals surface area (Å²) in [5.41, 5.74) is -0.768. The summed E-state index contributed by atoms with van der Waals surface area (Å²) in [6.07, 6.45) is 36.2. The van der Waals surface area contributed by atoms with Crippen LogP contribution in [-0.4, -0.2) is 54.0 Å². The number of unbranched alkanes of at least 4 members (excludes halogenated alkanes) is 28. The fraction of sp³-hybridized carbons (Fsp3) is 0.900. The quantitative estimate of drug-likeness (QED) is 0.0366. The highest BCUT2D eigenvalue weighted by atomic mass is 16.6. The Morgan fingerprint density at radius 1 is 0.492 bits per heavy atom. The molecule has 0 aromatic rings. The van der Waals surface area contributed by atoms with E-state index in [1.165, 1.54) is 161 Å². The Balaban J connectivity index is 4.67. The van der Waals surface area contributed by atoms with Gasteiger partial charge < -0.3 is 19.5 Å². The molecule has 59 heavy (non-hydrogen) atoms. The highest BCUT2D eigenvalue weighted by Gasteiger charge is 2.27. The van der Waals surface area contributed by atoms with Crippen LogP contribution in [0.4, 0.5) is 4.79 Å². The lowest BCUT2D eigenvalue weighted by Crippen LogP contribution is -2.44. The average molecular weight is 836 g/mol. The van der Waals surface area contributed by atoms with Crippen LogP contribution in [0.5, 0.6) is 0 Å². The minimum atomic E-state index is -1.06. The largest absolute Gasteiger partial charge is 0.462 e. The molecule has 0 fully saturated rings. The lowest BCUT2D eigenvalue weighted by atomic mass is 10.0. The van der Waals surface area contributed by atoms with Crippen LogP contribution >= 0.6 is 0 Å². The number of hydrogen-bond acceptors (Lipinski definition) is 8. The van der Waals surface area contributed by atoms with Gasteiger partial charge in [0.1, 0.15) is 24.1 Å². The summed E-state index contributed by atoms with van der Waals surface area (Å²) in [6, 6.07) is -1.06. The van der Waals surface area contributed by atoms with Crippen molar-refractivity contribution in [2.24, 2.45) is 0 Å². The predicted octanol–water partition coefficient (Wildman–Crippen LogP) is 14.2. The first-order valence-corrected chi connectivity index (χ1v) is 24.7. The molecule has 1 N–H and O–H groups in total. The van der Waals surface area contributed by atoms with Crippen LogP contribution in [0.15, 0.2) is 0 Å². The summed E-state index contributed by atoms with van der Waals surface area (Å²) in [6.45, 7) is 10.9. The minimum absolute atomic E-state index is 0.0682. The van der Waals surface area contributed by atoms with E-state index in [9.17, 15) is 24.0 Å². The summed E-state index contributed by atoms with van der Waals surface area (Å²) in [4.78, 5) is 63.2. The minimum Gasteiger partial charge on any atom is -0.462 e. The van der Waals surface area contributed by atoms with Crippen LogP contribution < -0.4 is 5.32 Å². The van der Waals surface area contributed by atoms with Crippen molar-refractivity contribution in [3.05, 3.63) is 0 Å². The Kier molecular flexibility index (Phi) is 38.0. The third-order valence-electron chi connectivity index (χ3n) is 11.0. The van der Waals surface area contributed by atoms with Crippen molar-refractivity contribution in [1.29, 1.82) is 0 Å². The maximum atomic E-state index is 13.2. The van der Waals surface area contributed by atoms with Gasteiger partial charge in [0.25, 0.3) is 0 Å². The number of hydrogen-bond donors (Lipinski definition) is 1. The van der Waals surface area contributed by atoms with Gasteiger partial charge in [0.2, 0.25) is 0 Å². The van der Waals surface area contributed by atoms with Gasteiger partial charge in [-0.25, -0.2) is 4.79 Å². The van der Waals surface area contributed by atoms with Crippen molar-refractivity contribution in [2.75, 3.05) is 6.61 Å². The Hall–Kier alpha value is -2.45. The predicted molar refractivity (Wildman–Crippen MR) is 243 cm³/mol. The number of carbonyl (C=O) groups is 5. The van der Waals surface area contributed by atoms with Crippen LogP contribution in [0.1, 0.15) is 266 Å². The molecule has 0 heterocycles. The van der Waals surface area contributed by atoms with Gasteiger partial charge in [0.05, 0.1) is 6.04 Å². The Labute approximate surface area is 362 Å². The number of esters is 2. The first-order chi connectivity index (χ1) is 28.4. The number of ketones is 2. The van der Waals surface area contributed by atoms with E-state index in [4.69, 9.17) is 14.2 Å². The first kappa shape index (κ1) is 56.5. The van der Waals surface area contributed by atoms with Crippen molar-refractivity contribution in [2.45, 2.75) is 284 Å². The molecule has 2 unspecified atom stereocenters. The normalized spacial score (nSPS) is 12.5. The third-order valence-corrected chi connectivity index (χ3v) is 11.0. The molecule has 0 spiro atoms. The zero-order valence-corrected chi connectivity index (χ0v) is 39.4. The van der Waals surface area contributed by atoms with Gasteiger partial charge in [0.15, 0.2) is 5.78 Å². The second-order valence-electron chi connectivity index (χ2n) is 18.3. The maximum Gasteiger partial charge on any atom is 0.408 e. The van der Waals surface area contributed by atoms with E-state index in [2.05, 4.69) is 19.2 Å². The van der Waals surface area contributed by atoms with E-state index in [0.717, 1.165) is 38.5 Å². The van der Waals surface area contributed by atoms with Crippen LogP contribution in [0.3, 0.4) is 0 Å². The van der Waals surface area contributed by atoms with Gasteiger partial charge in [-0.15, -0.1) is 0 Å². The second-order valence-corrected chi connectivity index (χ2v) is 18.3. The molecule has 1 amide bonds. The number of alkyl carbamates (subject to hydrolysis) is 1.